The summed E-state index contributed by atoms with van der Waals surface area (Å²) in [7, 11) is 0. The third-order valence-corrected chi connectivity index (χ3v) is 2.52. The number of halogens is 2. The molecule has 1 saturated heterocycles. The van der Waals surface area contributed by atoms with Gasteiger partial charge in [0, 0.05) is 0 Å². The molecule has 0 aliphatic carbocycles. The van der Waals surface area contributed by atoms with Crippen LogP contribution in [0.25, 0.3) is 11.4 Å². The zero-order chi connectivity index (χ0) is 11.8. The molecule has 0 N–H and O–H groups in total. The summed E-state index contributed by atoms with van der Waals surface area (Å²) < 4.78 is 33.1. The first kappa shape index (κ1) is 10.3. The number of rotatable bonds is 3. The first-order valence-corrected chi connectivity index (χ1v) is 5.19. The zero-order valence-electron chi connectivity index (χ0n) is 8.81. The number of aromatic nitrogens is 3. The van der Waals surface area contributed by atoms with E-state index in [2.05, 4.69) is 10.1 Å². The molecule has 6 heteroatoms. The number of benzene rings is 1. The number of hydrogen-bond donors (Lipinski definition) is 0. The summed E-state index contributed by atoms with van der Waals surface area (Å²) in [6.07, 6.45) is 1.66. The van der Waals surface area contributed by atoms with E-state index >= 15 is 0 Å². The van der Waals surface area contributed by atoms with E-state index in [0.717, 1.165) is 6.07 Å². The van der Waals surface area contributed by atoms with E-state index in [0.29, 0.717) is 13.2 Å². The summed E-state index contributed by atoms with van der Waals surface area (Å²) in [5, 5.41) is 4.08. The second-order valence-electron chi connectivity index (χ2n) is 3.85. The Labute approximate surface area is 95.8 Å². The summed E-state index contributed by atoms with van der Waals surface area (Å²) in [5.74, 6) is -1.64. The van der Waals surface area contributed by atoms with Gasteiger partial charge in [-0.1, -0.05) is 6.07 Å². The molecular formula is C11H9F2N3O. The average Bonchev–Trinajstić information content (AvgIpc) is 3.00. The maximum Gasteiger partial charge on any atom is 0.184 e. The number of ether oxygens (including phenoxy) is 1. The molecule has 4 nitrogen and oxygen atoms in total. The van der Waals surface area contributed by atoms with E-state index in [9.17, 15) is 8.78 Å². The quantitative estimate of drug-likeness (QED) is 0.762. The van der Waals surface area contributed by atoms with Crippen molar-refractivity contribution in [3.63, 3.8) is 0 Å². The molecule has 1 fully saturated rings. The van der Waals surface area contributed by atoms with Crippen LogP contribution in [0.15, 0.2) is 24.5 Å². The highest BCUT2D eigenvalue weighted by Gasteiger charge is 2.23. The Bertz CT molecular complexity index is 551. The van der Waals surface area contributed by atoms with Crippen LogP contribution < -0.4 is 0 Å². The lowest BCUT2D eigenvalue weighted by Crippen LogP contribution is -2.04. The SMILES string of the molecule is Fc1cccc(-c2ncn(CC3CO3)n2)c1F. The molecule has 17 heavy (non-hydrogen) atoms. The fraction of sp³-hybridized carbons (Fsp3) is 0.273. The van der Waals surface area contributed by atoms with Crippen LogP contribution in [-0.4, -0.2) is 27.5 Å². The molecule has 0 saturated carbocycles. The molecule has 88 valence electrons. The maximum absolute atomic E-state index is 13.5. The lowest BCUT2D eigenvalue weighted by Gasteiger charge is -1.99. The lowest BCUT2D eigenvalue weighted by molar-refractivity contribution is 0.373. The van der Waals surface area contributed by atoms with E-state index in [1.165, 1.54) is 18.5 Å². The van der Waals surface area contributed by atoms with Crippen LogP contribution in [0.4, 0.5) is 8.78 Å². The van der Waals surface area contributed by atoms with Gasteiger partial charge in [0.15, 0.2) is 17.5 Å². The fourth-order valence-electron chi connectivity index (χ4n) is 1.56. The molecule has 2 heterocycles. The van der Waals surface area contributed by atoms with Crippen LogP contribution in [0.2, 0.25) is 0 Å². The van der Waals surface area contributed by atoms with Gasteiger partial charge in [-0.05, 0) is 12.1 Å². The van der Waals surface area contributed by atoms with Crippen LogP contribution in [0.3, 0.4) is 0 Å². The van der Waals surface area contributed by atoms with Crippen molar-refractivity contribution in [1.29, 1.82) is 0 Å². The maximum atomic E-state index is 13.5. The molecule has 1 aliphatic rings. The number of epoxide rings is 1. The minimum Gasteiger partial charge on any atom is -0.371 e. The van der Waals surface area contributed by atoms with Crippen LogP contribution >= 0.6 is 0 Å². The molecular weight excluding hydrogens is 228 g/mol. The van der Waals surface area contributed by atoms with Crippen molar-refractivity contribution in [2.24, 2.45) is 0 Å². The Morgan fingerprint density at radius 3 is 3.00 bits per heavy atom. The molecule has 0 amide bonds. The average molecular weight is 237 g/mol. The van der Waals surface area contributed by atoms with Gasteiger partial charge < -0.3 is 4.74 Å². The predicted octanol–water partition coefficient (Wildman–Crippen LogP) is 1.62. The zero-order valence-corrected chi connectivity index (χ0v) is 8.81. The lowest BCUT2D eigenvalue weighted by atomic mass is 10.2. The van der Waals surface area contributed by atoms with Crippen molar-refractivity contribution in [3.05, 3.63) is 36.2 Å². The molecule has 1 atom stereocenters. The standard InChI is InChI=1S/C11H9F2N3O/c12-9-3-1-2-8(10(9)13)11-14-6-16(15-11)4-7-5-17-7/h1-3,6-7H,4-5H2. The molecule has 2 aromatic rings. The van der Waals surface area contributed by atoms with Gasteiger partial charge in [-0.2, -0.15) is 5.10 Å². The number of hydrogen-bond acceptors (Lipinski definition) is 3. The van der Waals surface area contributed by atoms with Crippen molar-refractivity contribution < 1.29 is 13.5 Å². The van der Waals surface area contributed by atoms with Gasteiger partial charge in [0.2, 0.25) is 0 Å². The van der Waals surface area contributed by atoms with E-state index in [1.54, 1.807) is 4.68 Å². The summed E-state index contributed by atoms with van der Waals surface area (Å²) in [6, 6.07) is 3.94. The molecule has 1 aromatic heterocycles. The minimum absolute atomic E-state index is 0.0699. The first-order valence-electron chi connectivity index (χ1n) is 5.19. The van der Waals surface area contributed by atoms with E-state index in [-0.39, 0.29) is 17.5 Å². The molecule has 3 rings (SSSR count). The molecule has 1 aliphatic heterocycles. The highest BCUT2D eigenvalue weighted by Crippen LogP contribution is 2.21. The Hall–Kier alpha value is -1.82. The fourth-order valence-corrected chi connectivity index (χ4v) is 1.56. The van der Waals surface area contributed by atoms with Gasteiger partial charge in [0.05, 0.1) is 18.7 Å². The summed E-state index contributed by atoms with van der Waals surface area (Å²) in [4.78, 5) is 3.96. The van der Waals surface area contributed by atoms with Crippen molar-refractivity contribution in [1.82, 2.24) is 14.8 Å². The van der Waals surface area contributed by atoms with Crippen molar-refractivity contribution in [2.75, 3.05) is 6.61 Å². The second kappa shape index (κ2) is 3.89. The Balaban J connectivity index is 1.91. The molecule has 1 aromatic carbocycles. The van der Waals surface area contributed by atoms with Crippen molar-refractivity contribution in [3.8, 4) is 11.4 Å². The van der Waals surface area contributed by atoms with Gasteiger partial charge in [-0.3, -0.25) is 0 Å². The Kier molecular flexibility index (Phi) is 2.36. The smallest absolute Gasteiger partial charge is 0.184 e. The van der Waals surface area contributed by atoms with Crippen LogP contribution in [-0.2, 0) is 11.3 Å². The number of nitrogens with zero attached hydrogens (tertiary/aromatic N) is 3. The molecule has 0 radical (unpaired) electrons. The normalized spacial score (nSPS) is 18.4. The minimum atomic E-state index is -0.923. The van der Waals surface area contributed by atoms with Crippen LogP contribution in [0.1, 0.15) is 0 Å². The summed E-state index contributed by atoms with van der Waals surface area (Å²) in [6.45, 7) is 1.30. The van der Waals surface area contributed by atoms with Crippen molar-refractivity contribution >= 4 is 0 Å². The highest BCUT2D eigenvalue weighted by atomic mass is 19.2. The van der Waals surface area contributed by atoms with E-state index in [4.69, 9.17) is 4.74 Å². The van der Waals surface area contributed by atoms with E-state index < -0.39 is 11.6 Å². The van der Waals surface area contributed by atoms with Crippen molar-refractivity contribution in [2.45, 2.75) is 12.6 Å². The molecule has 0 spiro atoms. The topological polar surface area (TPSA) is 43.2 Å². The largest absolute Gasteiger partial charge is 0.371 e. The monoisotopic (exact) mass is 237 g/mol. The van der Waals surface area contributed by atoms with Gasteiger partial charge in [0.1, 0.15) is 12.4 Å². The Morgan fingerprint density at radius 1 is 1.41 bits per heavy atom. The third-order valence-electron chi connectivity index (χ3n) is 2.52. The first-order chi connectivity index (χ1) is 8.24. The van der Waals surface area contributed by atoms with Crippen LogP contribution in [0.5, 0.6) is 0 Å². The third kappa shape index (κ3) is 2.03. The van der Waals surface area contributed by atoms with Gasteiger partial charge >= 0.3 is 0 Å². The van der Waals surface area contributed by atoms with Gasteiger partial charge in [0.25, 0.3) is 0 Å². The van der Waals surface area contributed by atoms with Gasteiger partial charge in [-0.15, -0.1) is 0 Å². The Morgan fingerprint density at radius 2 is 2.24 bits per heavy atom. The molecule has 0 bridgehead atoms. The van der Waals surface area contributed by atoms with E-state index in [1.807, 2.05) is 0 Å². The predicted molar refractivity (Wildman–Crippen MR) is 55.1 cm³/mol. The highest BCUT2D eigenvalue weighted by molar-refractivity contribution is 5.55. The summed E-state index contributed by atoms with van der Waals surface area (Å²) in [5.41, 5.74) is 0.0699. The van der Waals surface area contributed by atoms with Crippen LogP contribution in [0, 0.1) is 11.6 Å². The summed E-state index contributed by atoms with van der Waals surface area (Å²) >= 11 is 0. The molecule has 1 unspecified atom stereocenters. The second-order valence-corrected chi connectivity index (χ2v) is 3.85. The van der Waals surface area contributed by atoms with Gasteiger partial charge in [-0.25, -0.2) is 18.4 Å².